The fraction of sp³-hybridized carbons (Fsp3) is 0.980. The lowest BCUT2D eigenvalue weighted by Crippen LogP contribution is -2.53. The first kappa shape index (κ1) is 56.3. The predicted octanol–water partition coefficient (Wildman–Crippen LogP) is 14.4. The maximum Gasteiger partial charge on any atom is 0.249 e. The molecule has 4 unspecified atom stereocenters. The van der Waals surface area contributed by atoms with E-state index < -0.39 is 36.9 Å². The topological polar surface area (TPSA) is 110 Å². The summed E-state index contributed by atoms with van der Waals surface area (Å²) < 4.78 is 0. The van der Waals surface area contributed by atoms with Crippen molar-refractivity contribution < 1.29 is 25.2 Å². The zero-order chi connectivity index (χ0) is 41.7. The van der Waals surface area contributed by atoms with Gasteiger partial charge in [-0.15, -0.1) is 0 Å². The van der Waals surface area contributed by atoms with Gasteiger partial charge < -0.3 is 25.7 Å². The van der Waals surface area contributed by atoms with Crippen molar-refractivity contribution in [3.63, 3.8) is 0 Å². The third-order valence-corrected chi connectivity index (χ3v) is 12.6. The summed E-state index contributed by atoms with van der Waals surface area (Å²) in [6.07, 6.45) is 51.5. The molecule has 0 rings (SSSR count). The van der Waals surface area contributed by atoms with E-state index >= 15 is 0 Å². The van der Waals surface area contributed by atoms with Crippen molar-refractivity contribution in [3.05, 3.63) is 0 Å². The average molecular weight is 810 g/mol. The molecule has 0 aliphatic carbocycles. The Bertz CT molecular complexity index is 781. The van der Waals surface area contributed by atoms with Crippen LogP contribution in [0.3, 0.4) is 0 Å². The van der Waals surface area contributed by atoms with Crippen LogP contribution in [0.15, 0.2) is 0 Å². The van der Waals surface area contributed by atoms with Gasteiger partial charge >= 0.3 is 0 Å². The lowest BCUT2D eigenvalue weighted by molar-refractivity contribution is -0.132. The molecule has 5 N–H and O–H groups in total. The molecule has 0 spiro atoms. The van der Waals surface area contributed by atoms with Gasteiger partial charge in [-0.25, -0.2) is 0 Å². The Morgan fingerprint density at radius 1 is 0.368 bits per heavy atom. The van der Waals surface area contributed by atoms with Gasteiger partial charge in [-0.1, -0.05) is 277 Å². The Labute approximate surface area is 356 Å². The first-order valence-electron chi connectivity index (χ1n) is 25.9. The van der Waals surface area contributed by atoms with Crippen LogP contribution in [0.25, 0.3) is 0 Å². The molecule has 0 aromatic rings. The molecule has 0 bridgehead atoms. The average Bonchev–Trinajstić information content (AvgIpc) is 3.22. The molecule has 0 aliphatic rings. The summed E-state index contributed by atoms with van der Waals surface area (Å²) >= 11 is 0. The van der Waals surface area contributed by atoms with Crippen molar-refractivity contribution in [2.75, 3.05) is 6.61 Å². The van der Waals surface area contributed by atoms with Crippen LogP contribution in [0, 0.1) is 0 Å². The largest absolute Gasteiger partial charge is 0.394 e. The number of unbranched alkanes of at least 4 members (excludes halogenated alkanes) is 39. The van der Waals surface area contributed by atoms with E-state index in [2.05, 4.69) is 19.2 Å². The number of aliphatic hydroxyl groups is 4. The van der Waals surface area contributed by atoms with E-state index in [9.17, 15) is 25.2 Å². The van der Waals surface area contributed by atoms with Crippen LogP contribution in [0.1, 0.15) is 290 Å². The monoisotopic (exact) mass is 810 g/mol. The predicted molar refractivity (Wildman–Crippen MR) is 247 cm³/mol. The highest BCUT2D eigenvalue weighted by atomic mass is 16.3. The number of rotatable bonds is 48. The molecule has 0 aromatic carbocycles. The zero-order valence-electron chi connectivity index (χ0n) is 38.6. The molecule has 6 heteroatoms. The minimum Gasteiger partial charge on any atom is -0.394 e. The summed E-state index contributed by atoms with van der Waals surface area (Å²) in [5.41, 5.74) is 0. The second-order valence-corrected chi connectivity index (χ2v) is 18.2. The van der Waals surface area contributed by atoms with Gasteiger partial charge in [0.05, 0.1) is 18.8 Å². The van der Waals surface area contributed by atoms with Crippen LogP contribution < -0.4 is 5.32 Å². The van der Waals surface area contributed by atoms with Gasteiger partial charge in [0.2, 0.25) is 5.91 Å². The van der Waals surface area contributed by atoms with Gasteiger partial charge in [0, 0.05) is 0 Å². The van der Waals surface area contributed by atoms with E-state index in [0.717, 1.165) is 38.5 Å². The molecule has 342 valence electrons. The van der Waals surface area contributed by atoms with Crippen molar-refractivity contribution in [1.82, 2.24) is 5.32 Å². The second-order valence-electron chi connectivity index (χ2n) is 18.2. The summed E-state index contributed by atoms with van der Waals surface area (Å²) in [5.74, 6) is -0.577. The van der Waals surface area contributed by atoms with E-state index in [1.807, 2.05) is 0 Å². The number of hydrogen-bond donors (Lipinski definition) is 5. The lowest BCUT2D eigenvalue weighted by Gasteiger charge is -2.27. The molecule has 0 heterocycles. The van der Waals surface area contributed by atoms with Crippen LogP contribution in [0.4, 0.5) is 0 Å². The van der Waals surface area contributed by atoms with Crippen LogP contribution in [0.2, 0.25) is 0 Å². The molecule has 0 aromatic heterocycles. The fourth-order valence-electron chi connectivity index (χ4n) is 8.47. The Kier molecular flexibility index (Phi) is 45.8. The maximum atomic E-state index is 12.6. The molecule has 0 radical (unpaired) electrons. The molecule has 0 saturated heterocycles. The quantitative estimate of drug-likeness (QED) is 0.0393. The third kappa shape index (κ3) is 40.5. The van der Waals surface area contributed by atoms with Crippen molar-refractivity contribution >= 4 is 5.91 Å². The molecule has 57 heavy (non-hydrogen) atoms. The van der Waals surface area contributed by atoms with Gasteiger partial charge in [0.1, 0.15) is 12.2 Å². The van der Waals surface area contributed by atoms with Crippen LogP contribution in [-0.4, -0.2) is 57.3 Å². The first-order chi connectivity index (χ1) is 28.0. The van der Waals surface area contributed by atoms with Crippen molar-refractivity contribution in [1.29, 1.82) is 0 Å². The first-order valence-corrected chi connectivity index (χ1v) is 25.9. The fourth-order valence-corrected chi connectivity index (χ4v) is 8.47. The number of hydrogen-bond acceptors (Lipinski definition) is 5. The summed E-state index contributed by atoms with van der Waals surface area (Å²) in [6.45, 7) is 4.09. The van der Waals surface area contributed by atoms with Gasteiger partial charge in [-0.05, 0) is 12.8 Å². The van der Waals surface area contributed by atoms with Gasteiger partial charge in [-0.3, -0.25) is 4.79 Å². The summed E-state index contributed by atoms with van der Waals surface area (Å²) in [7, 11) is 0. The SMILES string of the molecule is CCCCCCCCCCCCCCCCCCCCCCCCCCCC(O)C(=O)NC(CO)C(O)C(O)CCCCCCCCCCCCCCCCCC. The molecule has 0 saturated carbocycles. The Morgan fingerprint density at radius 3 is 0.842 bits per heavy atom. The zero-order valence-corrected chi connectivity index (χ0v) is 38.6. The molecular formula is C51H103NO5. The minimum atomic E-state index is -1.25. The molecule has 0 fully saturated rings. The molecule has 0 aliphatic heterocycles. The number of nitrogens with one attached hydrogen (secondary N) is 1. The van der Waals surface area contributed by atoms with E-state index in [0.29, 0.717) is 12.8 Å². The van der Waals surface area contributed by atoms with Gasteiger partial charge in [-0.2, -0.15) is 0 Å². The summed E-state index contributed by atoms with van der Waals surface area (Å²) in [4.78, 5) is 12.6. The number of carbonyl (C=O) groups excluding carboxylic acids is 1. The van der Waals surface area contributed by atoms with Crippen molar-refractivity contribution in [2.45, 2.75) is 314 Å². The molecule has 1 amide bonds. The summed E-state index contributed by atoms with van der Waals surface area (Å²) in [5, 5.41) is 43.9. The highest BCUT2D eigenvalue weighted by molar-refractivity contribution is 5.80. The van der Waals surface area contributed by atoms with Gasteiger partial charge in [0.25, 0.3) is 0 Å². The van der Waals surface area contributed by atoms with Crippen LogP contribution in [0.5, 0.6) is 0 Å². The third-order valence-electron chi connectivity index (χ3n) is 12.6. The molecular weight excluding hydrogens is 707 g/mol. The normalized spacial score (nSPS) is 13.9. The van der Waals surface area contributed by atoms with E-state index in [4.69, 9.17) is 0 Å². The highest BCUT2D eigenvalue weighted by Gasteiger charge is 2.28. The second kappa shape index (κ2) is 46.4. The summed E-state index contributed by atoms with van der Waals surface area (Å²) in [6, 6.07) is -0.979. The smallest absolute Gasteiger partial charge is 0.249 e. The lowest BCUT2D eigenvalue weighted by atomic mass is 9.99. The van der Waals surface area contributed by atoms with Gasteiger partial charge in [0.15, 0.2) is 0 Å². The van der Waals surface area contributed by atoms with E-state index in [1.54, 1.807) is 0 Å². The number of carbonyl (C=O) groups is 1. The van der Waals surface area contributed by atoms with Crippen LogP contribution in [-0.2, 0) is 4.79 Å². The van der Waals surface area contributed by atoms with E-state index in [1.165, 1.54) is 225 Å². The highest BCUT2D eigenvalue weighted by Crippen LogP contribution is 2.18. The Hall–Kier alpha value is -0.690. The van der Waals surface area contributed by atoms with Crippen molar-refractivity contribution in [2.24, 2.45) is 0 Å². The molecule has 4 atom stereocenters. The van der Waals surface area contributed by atoms with Crippen molar-refractivity contribution in [3.8, 4) is 0 Å². The van der Waals surface area contributed by atoms with Crippen LogP contribution >= 0.6 is 0 Å². The standard InChI is InChI=1S/C51H103NO5/c1-3-5-7-9-11-13-15-17-19-21-22-23-24-25-26-27-28-29-31-33-35-37-39-41-43-45-49(55)51(57)52-47(46-53)50(56)48(54)44-42-40-38-36-34-32-30-20-18-16-14-12-10-8-6-4-2/h47-50,53-56H,3-46H2,1-2H3,(H,52,57). The maximum absolute atomic E-state index is 12.6. The minimum absolute atomic E-state index is 0.376. The Morgan fingerprint density at radius 2 is 0.596 bits per heavy atom. The Balaban J connectivity index is 3.60. The number of amides is 1. The molecule has 6 nitrogen and oxygen atoms in total. The number of aliphatic hydroxyl groups excluding tert-OH is 4. The van der Waals surface area contributed by atoms with E-state index in [-0.39, 0.29) is 0 Å².